The van der Waals surface area contributed by atoms with Crippen molar-refractivity contribution in [2.45, 2.75) is 25.7 Å². The molecule has 0 aliphatic heterocycles. The summed E-state index contributed by atoms with van der Waals surface area (Å²) in [5, 5.41) is 0. The Balaban J connectivity index is 2.45. The zero-order chi connectivity index (χ0) is 9.90. The number of allylic oxidation sites excluding steroid dienone is 10. The van der Waals surface area contributed by atoms with Crippen molar-refractivity contribution in [3.8, 4) is 0 Å². The lowest BCUT2D eigenvalue weighted by Crippen LogP contribution is -1.69. The highest BCUT2D eigenvalue weighted by Crippen LogP contribution is 1.99. The fourth-order valence-corrected chi connectivity index (χ4v) is 1.17. The molecular formula is C14H17. The minimum Gasteiger partial charge on any atom is -0.0845 e. The van der Waals surface area contributed by atoms with Gasteiger partial charge in [0.25, 0.3) is 0 Å². The Kier molecular flexibility index (Phi) is 6.39. The van der Waals surface area contributed by atoms with Crippen LogP contribution in [0.15, 0.2) is 54.7 Å². The summed E-state index contributed by atoms with van der Waals surface area (Å²) in [6, 6.07) is 0. The molecule has 1 aliphatic rings. The fourth-order valence-electron chi connectivity index (χ4n) is 1.17. The molecule has 0 aromatic rings. The lowest BCUT2D eigenvalue weighted by Gasteiger charge is -1.88. The quantitative estimate of drug-likeness (QED) is 0.532. The van der Waals surface area contributed by atoms with Crippen molar-refractivity contribution in [2.75, 3.05) is 0 Å². The maximum absolute atomic E-state index is 3.10. The van der Waals surface area contributed by atoms with Crippen molar-refractivity contribution in [3.63, 3.8) is 0 Å². The molecule has 1 aliphatic carbocycles. The SMILES string of the molecule is [C]1=C/C=C\C/C=C/C=C/CCC/C=C/1. The van der Waals surface area contributed by atoms with Gasteiger partial charge in [-0.05, 0) is 31.8 Å². The summed E-state index contributed by atoms with van der Waals surface area (Å²) >= 11 is 0. The summed E-state index contributed by atoms with van der Waals surface area (Å²) in [7, 11) is 0. The molecule has 0 unspecified atom stereocenters. The Labute approximate surface area is 87.0 Å². The second kappa shape index (κ2) is 8.31. The van der Waals surface area contributed by atoms with Crippen molar-refractivity contribution in [3.05, 3.63) is 60.8 Å². The molecule has 73 valence electrons. The molecular weight excluding hydrogens is 168 g/mol. The Morgan fingerprint density at radius 3 is 2.57 bits per heavy atom. The average molecular weight is 185 g/mol. The number of hydrogen-bond donors (Lipinski definition) is 0. The van der Waals surface area contributed by atoms with Gasteiger partial charge in [-0.2, -0.15) is 0 Å². The molecule has 0 saturated carbocycles. The largest absolute Gasteiger partial charge is 0.0845 e. The van der Waals surface area contributed by atoms with Gasteiger partial charge in [0.15, 0.2) is 0 Å². The Morgan fingerprint density at radius 1 is 0.786 bits per heavy atom. The van der Waals surface area contributed by atoms with Gasteiger partial charge in [-0.15, -0.1) is 0 Å². The van der Waals surface area contributed by atoms with Crippen LogP contribution in [0.1, 0.15) is 25.7 Å². The highest BCUT2D eigenvalue weighted by atomic mass is 13.9. The first kappa shape index (κ1) is 10.8. The first-order valence-corrected chi connectivity index (χ1v) is 5.21. The highest BCUT2D eigenvalue weighted by molar-refractivity contribution is 5.10. The highest BCUT2D eigenvalue weighted by Gasteiger charge is 1.79. The zero-order valence-corrected chi connectivity index (χ0v) is 8.52. The van der Waals surface area contributed by atoms with E-state index in [4.69, 9.17) is 0 Å². The molecule has 0 heteroatoms. The predicted molar refractivity (Wildman–Crippen MR) is 62.8 cm³/mol. The van der Waals surface area contributed by atoms with E-state index in [1.807, 2.05) is 18.2 Å². The second-order valence-electron chi connectivity index (χ2n) is 3.19. The third-order valence-electron chi connectivity index (χ3n) is 1.94. The van der Waals surface area contributed by atoms with Crippen LogP contribution in [0, 0.1) is 6.08 Å². The third kappa shape index (κ3) is 6.24. The molecule has 0 saturated heterocycles. The van der Waals surface area contributed by atoms with E-state index in [2.05, 4.69) is 42.5 Å². The van der Waals surface area contributed by atoms with Crippen LogP contribution in [0.5, 0.6) is 0 Å². The van der Waals surface area contributed by atoms with E-state index in [1.54, 1.807) is 0 Å². The van der Waals surface area contributed by atoms with Crippen LogP contribution < -0.4 is 0 Å². The third-order valence-corrected chi connectivity index (χ3v) is 1.94. The smallest absolute Gasteiger partial charge is 0.0163 e. The van der Waals surface area contributed by atoms with Crippen molar-refractivity contribution < 1.29 is 0 Å². The van der Waals surface area contributed by atoms with E-state index in [9.17, 15) is 0 Å². The molecule has 0 amide bonds. The maximum atomic E-state index is 3.10. The van der Waals surface area contributed by atoms with Gasteiger partial charge < -0.3 is 0 Å². The van der Waals surface area contributed by atoms with E-state index >= 15 is 0 Å². The number of hydrogen-bond acceptors (Lipinski definition) is 0. The van der Waals surface area contributed by atoms with Crippen LogP contribution in [0.4, 0.5) is 0 Å². The van der Waals surface area contributed by atoms with Gasteiger partial charge in [0, 0.05) is 0 Å². The van der Waals surface area contributed by atoms with Gasteiger partial charge in [0.2, 0.25) is 0 Å². The summed E-state index contributed by atoms with van der Waals surface area (Å²) in [5.74, 6) is 0. The van der Waals surface area contributed by atoms with Gasteiger partial charge in [0.1, 0.15) is 0 Å². The van der Waals surface area contributed by atoms with E-state index in [1.165, 1.54) is 6.42 Å². The molecule has 0 heterocycles. The van der Waals surface area contributed by atoms with Crippen LogP contribution in [0.3, 0.4) is 0 Å². The Bertz CT molecular complexity index is 262. The molecule has 0 atom stereocenters. The molecule has 0 bridgehead atoms. The minimum atomic E-state index is 0.992. The Morgan fingerprint density at radius 2 is 1.57 bits per heavy atom. The van der Waals surface area contributed by atoms with E-state index in [-0.39, 0.29) is 0 Å². The standard InChI is InChI=1S/C14H17/c1-2-4-6-8-10-12-14-13-11-9-7-5-3-1/h1-4,7,9,11-12,14H,5-6,8,10H2/b3-1+,4-2+,9-7-,13-11?,14-12+. The van der Waals surface area contributed by atoms with Crippen molar-refractivity contribution >= 4 is 0 Å². The van der Waals surface area contributed by atoms with E-state index in [0.29, 0.717) is 0 Å². The minimum absolute atomic E-state index is 0.992. The number of rotatable bonds is 0. The van der Waals surface area contributed by atoms with Gasteiger partial charge in [-0.1, -0.05) is 54.7 Å². The van der Waals surface area contributed by atoms with Crippen LogP contribution in [0.2, 0.25) is 0 Å². The molecule has 1 rings (SSSR count). The maximum Gasteiger partial charge on any atom is -0.0163 e. The average Bonchev–Trinajstić information content (AvgIpc) is 2.22. The molecule has 0 aromatic heterocycles. The van der Waals surface area contributed by atoms with Gasteiger partial charge >= 0.3 is 0 Å². The molecule has 0 aromatic carbocycles. The molecule has 1 radical (unpaired) electrons. The predicted octanol–water partition coefficient (Wildman–Crippen LogP) is 4.14. The molecule has 0 spiro atoms. The molecule has 14 heavy (non-hydrogen) atoms. The monoisotopic (exact) mass is 185 g/mol. The second-order valence-corrected chi connectivity index (χ2v) is 3.19. The van der Waals surface area contributed by atoms with Gasteiger partial charge in [-0.3, -0.25) is 0 Å². The molecule has 0 N–H and O–H groups in total. The summed E-state index contributed by atoms with van der Waals surface area (Å²) in [4.78, 5) is 0. The molecule has 0 nitrogen and oxygen atoms in total. The first-order valence-electron chi connectivity index (χ1n) is 5.21. The normalized spacial score (nSPS) is 29.7. The lowest BCUT2D eigenvalue weighted by molar-refractivity contribution is 0.868. The van der Waals surface area contributed by atoms with Gasteiger partial charge in [0.05, 0.1) is 0 Å². The lowest BCUT2D eigenvalue weighted by atomic mass is 10.2. The van der Waals surface area contributed by atoms with E-state index in [0.717, 1.165) is 19.3 Å². The summed E-state index contributed by atoms with van der Waals surface area (Å²) in [5.41, 5.74) is 0. The van der Waals surface area contributed by atoms with Crippen molar-refractivity contribution in [2.24, 2.45) is 0 Å². The Hall–Kier alpha value is -1.30. The van der Waals surface area contributed by atoms with Crippen LogP contribution in [0.25, 0.3) is 0 Å². The first-order chi connectivity index (χ1) is 7.00. The van der Waals surface area contributed by atoms with Crippen molar-refractivity contribution in [1.29, 1.82) is 0 Å². The molecule has 0 fully saturated rings. The van der Waals surface area contributed by atoms with Crippen molar-refractivity contribution in [1.82, 2.24) is 0 Å². The topological polar surface area (TPSA) is 0 Å². The van der Waals surface area contributed by atoms with Crippen LogP contribution in [-0.2, 0) is 0 Å². The van der Waals surface area contributed by atoms with Crippen LogP contribution in [-0.4, -0.2) is 0 Å². The summed E-state index contributed by atoms with van der Waals surface area (Å²) in [6.45, 7) is 0. The zero-order valence-electron chi connectivity index (χ0n) is 8.52. The summed E-state index contributed by atoms with van der Waals surface area (Å²) < 4.78 is 0. The van der Waals surface area contributed by atoms with Crippen LogP contribution >= 0.6 is 0 Å². The van der Waals surface area contributed by atoms with Gasteiger partial charge in [-0.25, -0.2) is 0 Å². The fraction of sp³-hybridized carbons (Fsp3) is 0.286. The summed E-state index contributed by atoms with van der Waals surface area (Å²) in [6.07, 6.45) is 26.5. The van der Waals surface area contributed by atoms with E-state index < -0.39 is 0 Å².